The van der Waals surface area contributed by atoms with E-state index in [0.29, 0.717) is 11.9 Å². The van der Waals surface area contributed by atoms with Crippen LogP contribution in [0, 0.1) is 0 Å². The van der Waals surface area contributed by atoms with Crippen molar-refractivity contribution in [3.63, 3.8) is 0 Å². The Morgan fingerprint density at radius 1 is 1.53 bits per heavy atom. The van der Waals surface area contributed by atoms with Crippen molar-refractivity contribution in [2.75, 3.05) is 43.8 Å². The molecule has 3 N–H and O–H groups in total. The molecule has 1 aliphatic heterocycles. The Labute approximate surface area is 118 Å². The number of nitrogens with two attached hydrogens (primary N) is 1. The summed E-state index contributed by atoms with van der Waals surface area (Å²) >= 11 is 1.53. The standard InChI is InChI=1S/C12H22N6S/c1-17(2)8-9-5-4-6-18(9)11-7-10(16-13)14-12(15-11)19-3/h7,9H,4-6,8,13H2,1-3H3,(H,14,15,16). The predicted octanol–water partition coefficient (Wildman–Crippen LogP) is 1.01. The molecule has 1 aromatic rings. The highest BCUT2D eigenvalue weighted by Gasteiger charge is 2.26. The maximum Gasteiger partial charge on any atom is 0.191 e. The van der Waals surface area contributed by atoms with Crippen molar-refractivity contribution in [2.45, 2.75) is 24.0 Å². The number of nitrogens with one attached hydrogen (secondary N) is 1. The van der Waals surface area contributed by atoms with Crippen LogP contribution in [0.25, 0.3) is 0 Å². The van der Waals surface area contributed by atoms with E-state index >= 15 is 0 Å². The molecule has 0 saturated carbocycles. The molecule has 0 aliphatic carbocycles. The molecule has 1 atom stereocenters. The summed E-state index contributed by atoms with van der Waals surface area (Å²) in [7, 11) is 4.22. The van der Waals surface area contributed by atoms with E-state index in [1.54, 1.807) is 0 Å². The maximum absolute atomic E-state index is 5.48. The number of anilines is 2. The zero-order valence-corrected chi connectivity index (χ0v) is 12.6. The van der Waals surface area contributed by atoms with Gasteiger partial charge < -0.3 is 15.2 Å². The van der Waals surface area contributed by atoms with Crippen molar-refractivity contribution in [2.24, 2.45) is 5.84 Å². The molecule has 1 saturated heterocycles. The lowest BCUT2D eigenvalue weighted by atomic mass is 10.2. The number of nitrogen functional groups attached to an aromatic ring is 1. The van der Waals surface area contributed by atoms with E-state index in [1.807, 2.05) is 12.3 Å². The highest BCUT2D eigenvalue weighted by atomic mass is 32.2. The van der Waals surface area contributed by atoms with Crippen LogP contribution >= 0.6 is 11.8 Å². The van der Waals surface area contributed by atoms with Crippen LogP contribution in [0.2, 0.25) is 0 Å². The second-order valence-corrected chi connectivity index (χ2v) is 5.77. The summed E-state index contributed by atoms with van der Waals surface area (Å²) in [6.07, 6.45) is 4.39. The average Bonchev–Trinajstić information content (AvgIpc) is 2.85. The summed E-state index contributed by atoms with van der Waals surface area (Å²) in [6.45, 7) is 2.09. The lowest BCUT2D eigenvalue weighted by molar-refractivity contribution is 0.371. The molecule has 7 heteroatoms. The Hall–Kier alpha value is -1.05. The molecule has 0 spiro atoms. The lowest BCUT2D eigenvalue weighted by Crippen LogP contribution is -2.38. The van der Waals surface area contributed by atoms with Gasteiger partial charge in [0.05, 0.1) is 0 Å². The van der Waals surface area contributed by atoms with Gasteiger partial charge in [-0.15, -0.1) is 0 Å². The summed E-state index contributed by atoms with van der Waals surface area (Å²) in [5.41, 5.74) is 2.62. The third-order valence-corrected chi connectivity index (χ3v) is 3.82. The van der Waals surface area contributed by atoms with Gasteiger partial charge in [0, 0.05) is 25.2 Å². The fourth-order valence-corrected chi connectivity index (χ4v) is 2.85. The van der Waals surface area contributed by atoms with E-state index in [1.165, 1.54) is 24.6 Å². The van der Waals surface area contributed by atoms with Crippen molar-refractivity contribution in [3.8, 4) is 0 Å². The third kappa shape index (κ3) is 3.49. The number of thioether (sulfide) groups is 1. The molecule has 0 radical (unpaired) electrons. The van der Waals surface area contributed by atoms with Crippen molar-refractivity contribution < 1.29 is 0 Å². The van der Waals surface area contributed by atoms with Crippen LogP contribution in [0.15, 0.2) is 11.2 Å². The number of likely N-dealkylation sites (N-methyl/N-ethyl adjacent to an activating group) is 1. The van der Waals surface area contributed by atoms with E-state index in [-0.39, 0.29) is 0 Å². The van der Waals surface area contributed by atoms with Gasteiger partial charge in [-0.1, -0.05) is 11.8 Å². The molecule has 106 valence electrons. The predicted molar refractivity (Wildman–Crippen MR) is 80.5 cm³/mol. The molecular formula is C12H22N6S. The van der Waals surface area contributed by atoms with Gasteiger partial charge in [0.1, 0.15) is 11.6 Å². The first-order valence-corrected chi connectivity index (χ1v) is 7.67. The van der Waals surface area contributed by atoms with Crippen LogP contribution in [0.1, 0.15) is 12.8 Å². The third-order valence-electron chi connectivity index (χ3n) is 3.27. The number of nitrogens with zero attached hydrogens (tertiary/aromatic N) is 4. The monoisotopic (exact) mass is 282 g/mol. The van der Waals surface area contributed by atoms with Gasteiger partial charge in [-0.25, -0.2) is 15.8 Å². The number of aromatic nitrogens is 2. The number of hydrazine groups is 1. The molecule has 0 amide bonds. The highest BCUT2D eigenvalue weighted by Crippen LogP contribution is 2.27. The van der Waals surface area contributed by atoms with Gasteiger partial charge in [-0.3, -0.25) is 0 Å². The summed E-state index contributed by atoms with van der Waals surface area (Å²) in [4.78, 5) is 13.5. The van der Waals surface area contributed by atoms with Crippen LogP contribution in [-0.4, -0.2) is 54.4 Å². The number of hydrogen-bond donors (Lipinski definition) is 2. The van der Waals surface area contributed by atoms with Crippen molar-refractivity contribution >= 4 is 23.4 Å². The van der Waals surface area contributed by atoms with Crippen LogP contribution in [-0.2, 0) is 0 Å². The Morgan fingerprint density at radius 2 is 2.32 bits per heavy atom. The molecule has 2 rings (SSSR count). The zero-order chi connectivity index (χ0) is 13.8. The normalized spacial score (nSPS) is 19.2. The van der Waals surface area contributed by atoms with E-state index in [4.69, 9.17) is 5.84 Å². The van der Waals surface area contributed by atoms with E-state index in [2.05, 4.69) is 39.3 Å². The van der Waals surface area contributed by atoms with Crippen LogP contribution in [0.3, 0.4) is 0 Å². The first kappa shape index (κ1) is 14.4. The lowest BCUT2D eigenvalue weighted by Gasteiger charge is -2.28. The Balaban J connectivity index is 2.24. The van der Waals surface area contributed by atoms with Crippen LogP contribution < -0.4 is 16.2 Å². The summed E-state index contributed by atoms with van der Waals surface area (Å²) < 4.78 is 0. The Kier molecular flexibility index (Phi) is 4.84. The Morgan fingerprint density at radius 3 is 2.95 bits per heavy atom. The minimum absolute atomic E-state index is 0.519. The quantitative estimate of drug-likeness (QED) is 0.361. The van der Waals surface area contributed by atoms with E-state index in [9.17, 15) is 0 Å². The average molecular weight is 282 g/mol. The van der Waals surface area contributed by atoms with Crippen molar-refractivity contribution in [3.05, 3.63) is 6.07 Å². The first-order chi connectivity index (χ1) is 9.13. The second-order valence-electron chi connectivity index (χ2n) is 4.99. The maximum atomic E-state index is 5.48. The topological polar surface area (TPSA) is 70.3 Å². The van der Waals surface area contributed by atoms with Crippen LogP contribution in [0.5, 0.6) is 0 Å². The minimum Gasteiger partial charge on any atom is -0.352 e. The van der Waals surface area contributed by atoms with Crippen molar-refractivity contribution in [1.29, 1.82) is 0 Å². The smallest absolute Gasteiger partial charge is 0.191 e. The zero-order valence-electron chi connectivity index (χ0n) is 11.8. The molecular weight excluding hydrogens is 260 g/mol. The van der Waals surface area contributed by atoms with Crippen molar-refractivity contribution in [1.82, 2.24) is 14.9 Å². The molecule has 1 fully saturated rings. The van der Waals surface area contributed by atoms with Gasteiger partial charge in [0.2, 0.25) is 0 Å². The second kappa shape index (κ2) is 6.40. The van der Waals surface area contributed by atoms with Gasteiger partial charge in [0.15, 0.2) is 5.16 Å². The van der Waals surface area contributed by atoms with E-state index < -0.39 is 0 Å². The first-order valence-electron chi connectivity index (χ1n) is 6.45. The SMILES string of the molecule is CSc1nc(NN)cc(N2CCCC2CN(C)C)n1. The molecule has 1 aliphatic rings. The molecule has 1 unspecified atom stereocenters. The molecule has 6 nitrogen and oxygen atoms in total. The fraction of sp³-hybridized carbons (Fsp3) is 0.667. The largest absolute Gasteiger partial charge is 0.352 e. The van der Waals surface area contributed by atoms with E-state index in [0.717, 1.165) is 24.1 Å². The highest BCUT2D eigenvalue weighted by molar-refractivity contribution is 7.98. The Bertz CT molecular complexity index is 402. The minimum atomic E-state index is 0.519. The molecule has 0 bridgehead atoms. The molecule has 0 aromatic carbocycles. The van der Waals surface area contributed by atoms with Gasteiger partial charge in [-0.2, -0.15) is 0 Å². The molecule has 19 heavy (non-hydrogen) atoms. The molecule has 1 aromatic heterocycles. The fourth-order valence-electron chi connectivity index (χ4n) is 2.47. The molecule has 2 heterocycles. The summed E-state index contributed by atoms with van der Waals surface area (Å²) in [5, 5.41) is 0.751. The van der Waals surface area contributed by atoms with Gasteiger partial charge in [-0.05, 0) is 33.2 Å². The summed E-state index contributed by atoms with van der Waals surface area (Å²) in [5.74, 6) is 7.12. The summed E-state index contributed by atoms with van der Waals surface area (Å²) in [6, 6.07) is 2.44. The van der Waals surface area contributed by atoms with Gasteiger partial charge >= 0.3 is 0 Å². The van der Waals surface area contributed by atoms with Gasteiger partial charge in [0.25, 0.3) is 0 Å². The van der Waals surface area contributed by atoms with Crippen LogP contribution in [0.4, 0.5) is 11.6 Å². The number of hydrogen-bond acceptors (Lipinski definition) is 7. The number of rotatable bonds is 5.